The Balaban J connectivity index is 1.38. The van der Waals surface area contributed by atoms with E-state index in [-0.39, 0.29) is 45.2 Å². The first kappa shape index (κ1) is 27.0. The van der Waals surface area contributed by atoms with Gasteiger partial charge in [-0.2, -0.15) is 13.2 Å². The van der Waals surface area contributed by atoms with Crippen LogP contribution in [0.2, 0.25) is 0 Å². The SMILES string of the molecule is C[C@@H](OC(=O)CNc1ccc(C(F)(F)F)cc1[N+](=O)[O-])C(=O)Nc1ccc2c(c1)C(=O)c1ccccc1C2=O. The number of carbonyl (C=O) groups is 4. The number of rotatable bonds is 7. The molecule has 0 bridgehead atoms. The maximum Gasteiger partial charge on any atom is 0.416 e. The molecule has 10 nitrogen and oxygen atoms in total. The Labute approximate surface area is 217 Å². The van der Waals surface area contributed by atoms with E-state index in [0.29, 0.717) is 12.1 Å². The van der Waals surface area contributed by atoms with E-state index in [1.165, 1.54) is 31.2 Å². The number of nitrogens with one attached hydrogen (secondary N) is 2. The van der Waals surface area contributed by atoms with E-state index in [1.54, 1.807) is 18.2 Å². The van der Waals surface area contributed by atoms with Crippen molar-refractivity contribution < 1.29 is 42.0 Å². The van der Waals surface area contributed by atoms with Crippen molar-refractivity contribution in [3.8, 4) is 0 Å². The number of alkyl halides is 3. The fraction of sp³-hybridized carbons (Fsp3) is 0.154. The summed E-state index contributed by atoms with van der Waals surface area (Å²) >= 11 is 0. The van der Waals surface area contributed by atoms with Gasteiger partial charge in [-0.3, -0.25) is 29.3 Å². The Morgan fingerprint density at radius 1 is 0.949 bits per heavy atom. The van der Waals surface area contributed by atoms with Crippen molar-refractivity contribution in [3.63, 3.8) is 0 Å². The van der Waals surface area contributed by atoms with Crippen LogP contribution in [0.4, 0.5) is 30.2 Å². The lowest BCUT2D eigenvalue weighted by Crippen LogP contribution is -2.32. The fourth-order valence-electron chi connectivity index (χ4n) is 3.89. The van der Waals surface area contributed by atoms with Gasteiger partial charge in [0.15, 0.2) is 17.7 Å². The molecule has 0 saturated carbocycles. The molecule has 0 spiro atoms. The summed E-state index contributed by atoms with van der Waals surface area (Å²) in [4.78, 5) is 60.4. The number of anilines is 2. The zero-order valence-electron chi connectivity index (χ0n) is 20.0. The van der Waals surface area contributed by atoms with E-state index < -0.39 is 46.9 Å². The van der Waals surface area contributed by atoms with Crippen molar-refractivity contribution >= 4 is 40.5 Å². The molecule has 0 radical (unpaired) electrons. The highest BCUT2D eigenvalue weighted by atomic mass is 19.4. The highest BCUT2D eigenvalue weighted by Gasteiger charge is 2.33. The van der Waals surface area contributed by atoms with Crippen LogP contribution in [0.25, 0.3) is 0 Å². The topological polar surface area (TPSA) is 145 Å². The van der Waals surface area contributed by atoms with Crippen molar-refractivity contribution in [2.45, 2.75) is 19.2 Å². The molecule has 3 aromatic rings. The number of hydrogen-bond acceptors (Lipinski definition) is 8. The van der Waals surface area contributed by atoms with Crippen molar-refractivity contribution in [1.82, 2.24) is 0 Å². The molecule has 1 atom stereocenters. The first-order valence-electron chi connectivity index (χ1n) is 11.3. The number of ketones is 2. The Kier molecular flexibility index (Phi) is 7.17. The molecule has 200 valence electrons. The second-order valence-electron chi connectivity index (χ2n) is 8.43. The smallest absolute Gasteiger partial charge is 0.416 e. The summed E-state index contributed by atoms with van der Waals surface area (Å²) in [5.41, 5.74) is -1.51. The largest absolute Gasteiger partial charge is 0.451 e. The second-order valence-corrected chi connectivity index (χ2v) is 8.43. The molecular formula is C26H18F3N3O7. The molecule has 0 unspecified atom stereocenters. The van der Waals surface area contributed by atoms with Crippen molar-refractivity contribution in [2.75, 3.05) is 17.2 Å². The van der Waals surface area contributed by atoms with Crippen molar-refractivity contribution in [2.24, 2.45) is 0 Å². The predicted octanol–water partition coefficient (Wildman–Crippen LogP) is 4.37. The molecule has 0 aliphatic heterocycles. The second kappa shape index (κ2) is 10.4. The van der Waals surface area contributed by atoms with E-state index >= 15 is 0 Å². The number of benzene rings is 3. The Morgan fingerprint density at radius 3 is 2.18 bits per heavy atom. The van der Waals surface area contributed by atoms with Crippen LogP contribution in [0, 0.1) is 10.1 Å². The molecule has 4 rings (SSSR count). The molecule has 0 fully saturated rings. The fourth-order valence-corrected chi connectivity index (χ4v) is 3.89. The molecule has 0 saturated heterocycles. The van der Waals surface area contributed by atoms with Crippen LogP contribution in [-0.2, 0) is 20.5 Å². The van der Waals surface area contributed by atoms with Crippen LogP contribution in [0.3, 0.4) is 0 Å². The third-order valence-corrected chi connectivity index (χ3v) is 5.82. The number of amides is 1. The molecule has 0 aromatic heterocycles. The number of ether oxygens (including phenoxy) is 1. The summed E-state index contributed by atoms with van der Waals surface area (Å²) in [6, 6.07) is 12.3. The predicted molar refractivity (Wildman–Crippen MR) is 131 cm³/mol. The lowest BCUT2D eigenvalue weighted by molar-refractivity contribution is -0.384. The van der Waals surface area contributed by atoms with Gasteiger partial charge in [-0.1, -0.05) is 24.3 Å². The van der Waals surface area contributed by atoms with E-state index in [4.69, 9.17) is 4.74 Å². The number of hydrogen-bond donors (Lipinski definition) is 2. The van der Waals surface area contributed by atoms with Gasteiger partial charge in [0.25, 0.3) is 11.6 Å². The highest BCUT2D eigenvalue weighted by molar-refractivity contribution is 6.28. The Bertz CT molecular complexity index is 1540. The van der Waals surface area contributed by atoms with Crippen LogP contribution < -0.4 is 10.6 Å². The summed E-state index contributed by atoms with van der Waals surface area (Å²) in [5, 5.41) is 16.0. The van der Waals surface area contributed by atoms with Crippen molar-refractivity contribution in [1.29, 1.82) is 0 Å². The number of nitro benzene ring substituents is 1. The standard InChI is InChI=1S/C26H18F3N3O7/c1-13(39-22(33)12-30-20-9-6-14(26(27,28)29)10-21(20)32(37)38)25(36)31-15-7-8-18-19(11-15)24(35)17-5-3-2-4-16(17)23(18)34/h2-11,13,30H,12H2,1H3,(H,31,36)/t13-/m1/s1. The monoisotopic (exact) mass is 541 g/mol. The number of halogens is 3. The molecular weight excluding hydrogens is 523 g/mol. The van der Waals surface area contributed by atoms with Gasteiger partial charge in [-0.05, 0) is 37.3 Å². The van der Waals surface area contributed by atoms with Gasteiger partial charge in [0.2, 0.25) is 0 Å². The average molecular weight is 541 g/mol. The minimum Gasteiger partial charge on any atom is -0.451 e. The molecule has 2 N–H and O–H groups in total. The normalized spacial score (nSPS) is 13.1. The van der Waals surface area contributed by atoms with Gasteiger partial charge in [-0.15, -0.1) is 0 Å². The van der Waals surface area contributed by atoms with Crippen LogP contribution >= 0.6 is 0 Å². The average Bonchev–Trinajstić information content (AvgIpc) is 2.89. The first-order valence-corrected chi connectivity index (χ1v) is 11.3. The Hall–Kier alpha value is -5.07. The molecule has 3 aromatic carbocycles. The quantitative estimate of drug-likeness (QED) is 0.199. The number of carbonyl (C=O) groups excluding carboxylic acids is 4. The van der Waals surface area contributed by atoms with E-state index in [1.807, 2.05) is 0 Å². The van der Waals surface area contributed by atoms with E-state index in [0.717, 1.165) is 6.07 Å². The molecule has 1 aliphatic rings. The number of esters is 1. The van der Waals surface area contributed by atoms with Gasteiger partial charge in [0, 0.05) is 34.0 Å². The third-order valence-electron chi connectivity index (χ3n) is 5.82. The zero-order valence-corrected chi connectivity index (χ0v) is 20.0. The van der Waals surface area contributed by atoms with Gasteiger partial charge >= 0.3 is 12.1 Å². The van der Waals surface area contributed by atoms with Gasteiger partial charge < -0.3 is 15.4 Å². The van der Waals surface area contributed by atoms with Crippen LogP contribution in [0.1, 0.15) is 44.3 Å². The van der Waals surface area contributed by atoms with Crippen LogP contribution in [0.5, 0.6) is 0 Å². The summed E-state index contributed by atoms with van der Waals surface area (Å²) in [5.74, 6) is -2.52. The lowest BCUT2D eigenvalue weighted by atomic mass is 9.84. The zero-order chi connectivity index (χ0) is 28.5. The minimum atomic E-state index is -4.80. The maximum absolute atomic E-state index is 12.9. The van der Waals surface area contributed by atoms with E-state index in [9.17, 15) is 42.5 Å². The number of nitrogens with zero attached hydrogens (tertiary/aromatic N) is 1. The van der Waals surface area contributed by atoms with E-state index in [2.05, 4.69) is 10.6 Å². The van der Waals surface area contributed by atoms with Gasteiger partial charge in [-0.25, -0.2) is 0 Å². The molecule has 13 heteroatoms. The van der Waals surface area contributed by atoms with Gasteiger partial charge in [0.1, 0.15) is 12.2 Å². The van der Waals surface area contributed by atoms with Crippen LogP contribution in [-0.4, -0.2) is 41.0 Å². The first-order chi connectivity index (χ1) is 18.4. The third kappa shape index (κ3) is 5.61. The van der Waals surface area contributed by atoms with Gasteiger partial charge in [0.05, 0.1) is 10.5 Å². The molecule has 0 heterocycles. The molecule has 1 aliphatic carbocycles. The minimum absolute atomic E-state index is 0.100. The Morgan fingerprint density at radius 2 is 1.56 bits per heavy atom. The molecule has 39 heavy (non-hydrogen) atoms. The summed E-state index contributed by atoms with van der Waals surface area (Å²) < 4.78 is 43.5. The summed E-state index contributed by atoms with van der Waals surface area (Å²) in [7, 11) is 0. The maximum atomic E-state index is 12.9. The lowest BCUT2D eigenvalue weighted by Gasteiger charge is -2.19. The number of fused-ring (bicyclic) bond motifs is 2. The van der Waals surface area contributed by atoms with Crippen molar-refractivity contribution in [3.05, 3.63) is 98.6 Å². The summed E-state index contributed by atoms with van der Waals surface area (Å²) in [6.07, 6.45) is -6.15. The summed E-state index contributed by atoms with van der Waals surface area (Å²) in [6.45, 7) is 0.565. The molecule has 1 amide bonds. The van der Waals surface area contributed by atoms with Crippen LogP contribution in [0.15, 0.2) is 60.7 Å². The number of nitro groups is 1. The highest BCUT2D eigenvalue weighted by Crippen LogP contribution is 2.35.